The molecule has 0 aliphatic heterocycles. The van der Waals surface area contributed by atoms with Crippen molar-refractivity contribution >= 4 is 0 Å². The molecule has 0 spiro atoms. The summed E-state index contributed by atoms with van der Waals surface area (Å²) < 4.78 is 121. The van der Waals surface area contributed by atoms with Gasteiger partial charge in [0.2, 0.25) is 0 Å². The number of hydrogen-bond donors (Lipinski definition) is 1. The van der Waals surface area contributed by atoms with Crippen LogP contribution in [0.4, 0.5) is 39.5 Å². The van der Waals surface area contributed by atoms with Crippen LogP contribution < -0.4 is 0 Å². The Hall–Kier alpha value is -1.91. The fourth-order valence-electron chi connectivity index (χ4n) is 1.82. The lowest BCUT2D eigenvalue weighted by atomic mass is 10.00. The molecule has 2 nitrogen and oxygen atoms in total. The number of hydrogen-bond acceptors (Lipinski definition) is 2. The van der Waals surface area contributed by atoms with Gasteiger partial charge in [0.1, 0.15) is 6.10 Å². The van der Waals surface area contributed by atoms with E-state index in [2.05, 4.69) is 4.74 Å². The normalized spacial score (nSPS) is 15.7. The molecular formula is C15H13F9O2. The molecule has 0 heterocycles. The summed E-state index contributed by atoms with van der Waals surface area (Å²) in [4.78, 5) is 0. The molecule has 1 aromatic carbocycles. The minimum absolute atomic E-state index is 0.0425. The van der Waals surface area contributed by atoms with Crippen LogP contribution in [0.25, 0.3) is 0 Å². The first kappa shape index (κ1) is 22.1. The van der Waals surface area contributed by atoms with Crippen molar-refractivity contribution in [3.8, 4) is 0 Å². The molecule has 1 N–H and O–H groups in total. The number of allylic oxidation sites excluding steroid dienone is 1. The lowest BCUT2D eigenvalue weighted by molar-refractivity contribution is -0.393. The van der Waals surface area contributed by atoms with Gasteiger partial charge in [0.05, 0.1) is 6.61 Å². The summed E-state index contributed by atoms with van der Waals surface area (Å²) in [6, 6.07) is 6.53. The first-order valence-corrected chi connectivity index (χ1v) is 6.98. The highest BCUT2D eigenvalue weighted by Gasteiger charge is 2.83. The SMILES string of the molecule is CCO/C(=C\C(O)c1ccccc1)C(F)(F)C(F)(F)C(F)(F)C(F)(F)F. The van der Waals surface area contributed by atoms with Crippen LogP contribution in [0.5, 0.6) is 0 Å². The van der Waals surface area contributed by atoms with Gasteiger partial charge in [-0.25, -0.2) is 0 Å². The van der Waals surface area contributed by atoms with E-state index < -0.39 is 42.4 Å². The molecule has 0 bridgehead atoms. The Kier molecular flexibility index (Phi) is 6.28. The third-order valence-corrected chi connectivity index (χ3v) is 3.20. The summed E-state index contributed by atoms with van der Waals surface area (Å²) in [7, 11) is 0. The first-order chi connectivity index (χ1) is 11.7. The Balaban J connectivity index is 3.39. The van der Waals surface area contributed by atoms with Crippen molar-refractivity contribution in [3.63, 3.8) is 0 Å². The van der Waals surface area contributed by atoms with E-state index in [1.807, 2.05) is 0 Å². The second kappa shape index (κ2) is 7.37. The van der Waals surface area contributed by atoms with Crippen LogP contribution in [0.3, 0.4) is 0 Å². The van der Waals surface area contributed by atoms with E-state index >= 15 is 0 Å². The van der Waals surface area contributed by atoms with Crippen LogP contribution in [0.15, 0.2) is 42.2 Å². The van der Waals surface area contributed by atoms with E-state index in [-0.39, 0.29) is 11.6 Å². The minimum atomic E-state index is -7.04. The number of benzene rings is 1. The summed E-state index contributed by atoms with van der Waals surface area (Å²) in [6.07, 6.45) is -8.99. The molecule has 0 aliphatic rings. The smallest absolute Gasteiger partial charge is 0.460 e. The van der Waals surface area contributed by atoms with Gasteiger partial charge in [0, 0.05) is 0 Å². The Morgan fingerprint density at radius 1 is 0.962 bits per heavy atom. The molecular weight excluding hydrogens is 383 g/mol. The highest BCUT2D eigenvalue weighted by atomic mass is 19.4. The molecule has 0 amide bonds. The number of halogens is 9. The van der Waals surface area contributed by atoms with Gasteiger partial charge in [-0.2, -0.15) is 39.5 Å². The maximum Gasteiger partial charge on any atom is 0.460 e. The van der Waals surface area contributed by atoms with Gasteiger partial charge < -0.3 is 9.84 Å². The lowest BCUT2D eigenvalue weighted by Crippen LogP contribution is -2.61. The standard InChI is InChI=1S/C15H13F9O2/c1-2-26-11(8-10(25)9-6-4-3-5-7-9)12(16,17)13(18,19)14(20,21)15(22,23)24/h3-8,10,25H,2H2,1H3/b11-8-. The molecule has 0 aromatic heterocycles. The fraction of sp³-hybridized carbons (Fsp3) is 0.467. The van der Waals surface area contributed by atoms with Gasteiger partial charge >= 0.3 is 23.9 Å². The van der Waals surface area contributed by atoms with Crippen molar-refractivity contribution in [2.24, 2.45) is 0 Å². The quantitative estimate of drug-likeness (QED) is 0.513. The average Bonchev–Trinajstić information content (AvgIpc) is 2.53. The monoisotopic (exact) mass is 396 g/mol. The van der Waals surface area contributed by atoms with Crippen molar-refractivity contribution in [2.75, 3.05) is 6.61 Å². The van der Waals surface area contributed by atoms with Gasteiger partial charge in [-0.05, 0) is 18.6 Å². The number of alkyl halides is 9. The molecule has 0 saturated heterocycles. The second-order valence-corrected chi connectivity index (χ2v) is 5.04. The molecule has 148 valence electrons. The van der Waals surface area contributed by atoms with E-state index in [1.165, 1.54) is 30.3 Å². The Morgan fingerprint density at radius 3 is 1.88 bits per heavy atom. The second-order valence-electron chi connectivity index (χ2n) is 5.04. The zero-order valence-electron chi connectivity index (χ0n) is 13.0. The molecule has 1 rings (SSSR count). The molecule has 1 aromatic rings. The maximum atomic E-state index is 13.9. The number of aliphatic hydroxyl groups excluding tert-OH is 1. The molecule has 1 atom stereocenters. The zero-order chi connectivity index (χ0) is 20.4. The number of aliphatic hydroxyl groups is 1. The maximum absolute atomic E-state index is 13.9. The van der Waals surface area contributed by atoms with Gasteiger partial charge in [-0.15, -0.1) is 0 Å². The Morgan fingerprint density at radius 2 is 1.46 bits per heavy atom. The Labute approximate surface area is 141 Å². The predicted octanol–water partition coefficient (Wildman–Crippen LogP) is 5.11. The van der Waals surface area contributed by atoms with Crippen molar-refractivity contribution < 1.29 is 49.4 Å². The van der Waals surface area contributed by atoms with Gasteiger partial charge in [-0.1, -0.05) is 30.3 Å². The molecule has 0 saturated carbocycles. The summed E-state index contributed by atoms with van der Waals surface area (Å²) >= 11 is 0. The van der Waals surface area contributed by atoms with Crippen LogP contribution in [0, 0.1) is 0 Å². The van der Waals surface area contributed by atoms with E-state index in [0.717, 1.165) is 6.92 Å². The first-order valence-electron chi connectivity index (χ1n) is 6.98. The predicted molar refractivity (Wildman–Crippen MR) is 72.0 cm³/mol. The van der Waals surface area contributed by atoms with Gasteiger partial charge in [0.15, 0.2) is 5.76 Å². The molecule has 0 radical (unpaired) electrons. The van der Waals surface area contributed by atoms with Crippen molar-refractivity contribution in [3.05, 3.63) is 47.7 Å². The zero-order valence-corrected chi connectivity index (χ0v) is 13.0. The van der Waals surface area contributed by atoms with Crippen LogP contribution in [-0.2, 0) is 4.74 Å². The summed E-state index contributed by atoms with van der Waals surface area (Å²) in [5.74, 6) is -22.2. The molecule has 0 aliphatic carbocycles. The van der Waals surface area contributed by atoms with Crippen molar-refractivity contribution in [1.29, 1.82) is 0 Å². The average molecular weight is 396 g/mol. The van der Waals surface area contributed by atoms with E-state index in [9.17, 15) is 44.6 Å². The summed E-state index contributed by atoms with van der Waals surface area (Å²) in [5, 5.41) is 9.76. The largest absolute Gasteiger partial charge is 0.492 e. The molecule has 26 heavy (non-hydrogen) atoms. The summed E-state index contributed by atoms with van der Waals surface area (Å²) in [6.45, 7) is 0.259. The van der Waals surface area contributed by atoms with Gasteiger partial charge in [0.25, 0.3) is 0 Å². The molecule has 11 heteroatoms. The van der Waals surface area contributed by atoms with Crippen LogP contribution in [-0.4, -0.2) is 35.7 Å². The minimum Gasteiger partial charge on any atom is -0.492 e. The lowest BCUT2D eigenvalue weighted by Gasteiger charge is -2.34. The topological polar surface area (TPSA) is 29.5 Å². The van der Waals surface area contributed by atoms with Crippen LogP contribution in [0.1, 0.15) is 18.6 Å². The van der Waals surface area contributed by atoms with E-state index in [0.29, 0.717) is 0 Å². The highest BCUT2D eigenvalue weighted by molar-refractivity contribution is 5.25. The summed E-state index contributed by atoms with van der Waals surface area (Å²) in [5.41, 5.74) is -0.105. The number of ether oxygens (including phenoxy) is 1. The van der Waals surface area contributed by atoms with Crippen molar-refractivity contribution in [1.82, 2.24) is 0 Å². The van der Waals surface area contributed by atoms with Crippen LogP contribution in [0.2, 0.25) is 0 Å². The molecule has 1 unspecified atom stereocenters. The van der Waals surface area contributed by atoms with Crippen LogP contribution >= 0.6 is 0 Å². The fourth-order valence-corrected chi connectivity index (χ4v) is 1.82. The highest BCUT2D eigenvalue weighted by Crippen LogP contribution is 2.55. The third kappa shape index (κ3) is 3.92. The van der Waals surface area contributed by atoms with Crippen molar-refractivity contribution in [2.45, 2.75) is 37.0 Å². The third-order valence-electron chi connectivity index (χ3n) is 3.20. The van der Waals surface area contributed by atoms with Gasteiger partial charge in [-0.3, -0.25) is 0 Å². The molecule has 0 fully saturated rings. The number of rotatable bonds is 7. The Bertz CT molecular complexity index is 624. The van der Waals surface area contributed by atoms with E-state index in [1.54, 1.807) is 0 Å². The van der Waals surface area contributed by atoms with E-state index in [4.69, 9.17) is 0 Å².